The predicted molar refractivity (Wildman–Crippen MR) is 104 cm³/mol. The molecular weight excluding hydrogens is 324 g/mol. The molecule has 2 aromatic rings. The molecule has 0 radical (unpaired) electrons. The largest absolute Gasteiger partial charge is 0.324 e. The first-order valence-electron chi connectivity index (χ1n) is 9.11. The van der Waals surface area contributed by atoms with E-state index in [1.807, 2.05) is 54.6 Å². The van der Waals surface area contributed by atoms with Crippen LogP contribution in [0.3, 0.4) is 0 Å². The standard InChI is InChI=1S/C22H26N2O2/c1-22(2,3)18-13-11-17(12-14-18)21(26)24(19-8-5-4-6-9-19)16-23-15-7-10-20(23)25/h4-6,8-9,11-14H,7,10,15-16H2,1-3H3. The average Bonchev–Trinajstić information content (AvgIpc) is 3.04. The fraction of sp³-hybridized carbons (Fsp3) is 0.364. The van der Waals surface area contributed by atoms with Gasteiger partial charge in [-0.25, -0.2) is 0 Å². The number of nitrogens with zero attached hydrogens (tertiary/aromatic N) is 2. The topological polar surface area (TPSA) is 40.6 Å². The Balaban J connectivity index is 1.88. The molecule has 0 N–H and O–H groups in total. The summed E-state index contributed by atoms with van der Waals surface area (Å²) in [4.78, 5) is 28.7. The van der Waals surface area contributed by atoms with Gasteiger partial charge in [0, 0.05) is 24.2 Å². The van der Waals surface area contributed by atoms with Crippen molar-refractivity contribution in [2.24, 2.45) is 0 Å². The fourth-order valence-electron chi connectivity index (χ4n) is 3.16. The zero-order valence-electron chi connectivity index (χ0n) is 15.7. The highest BCUT2D eigenvalue weighted by Crippen LogP contribution is 2.24. The van der Waals surface area contributed by atoms with Crippen LogP contribution >= 0.6 is 0 Å². The molecular formula is C22H26N2O2. The number of benzene rings is 2. The molecule has 1 saturated heterocycles. The summed E-state index contributed by atoms with van der Waals surface area (Å²) in [6, 6.07) is 17.3. The second kappa shape index (κ2) is 7.32. The van der Waals surface area contributed by atoms with Crippen molar-refractivity contribution in [1.82, 2.24) is 4.90 Å². The van der Waals surface area contributed by atoms with Gasteiger partial charge in [0.15, 0.2) is 0 Å². The van der Waals surface area contributed by atoms with Gasteiger partial charge in [0.2, 0.25) is 5.91 Å². The minimum atomic E-state index is -0.0867. The molecule has 1 aliphatic rings. The second-order valence-corrected chi connectivity index (χ2v) is 7.80. The van der Waals surface area contributed by atoms with Gasteiger partial charge in [-0.2, -0.15) is 0 Å². The van der Waals surface area contributed by atoms with E-state index < -0.39 is 0 Å². The molecule has 0 bridgehead atoms. The summed E-state index contributed by atoms with van der Waals surface area (Å²) < 4.78 is 0. The second-order valence-electron chi connectivity index (χ2n) is 7.80. The highest BCUT2D eigenvalue weighted by Gasteiger charge is 2.26. The maximum Gasteiger partial charge on any atom is 0.259 e. The van der Waals surface area contributed by atoms with Gasteiger partial charge in [-0.15, -0.1) is 0 Å². The van der Waals surface area contributed by atoms with E-state index >= 15 is 0 Å². The van der Waals surface area contributed by atoms with Crippen LogP contribution < -0.4 is 4.90 Å². The Kier molecular flexibility index (Phi) is 5.12. The monoisotopic (exact) mass is 350 g/mol. The molecule has 1 heterocycles. The van der Waals surface area contributed by atoms with Crippen LogP contribution in [-0.2, 0) is 10.2 Å². The molecule has 0 saturated carbocycles. The lowest BCUT2D eigenvalue weighted by atomic mass is 9.86. The van der Waals surface area contributed by atoms with Crippen LogP contribution in [0.5, 0.6) is 0 Å². The molecule has 4 nitrogen and oxygen atoms in total. The number of carbonyl (C=O) groups is 2. The quantitative estimate of drug-likeness (QED) is 0.829. The van der Waals surface area contributed by atoms with E-state index in [1.165, 1.54) is 5.56 Å². The minimum Gasteiger partial charge on any atom is -0.324 e. The van der Waals surface area contributed by atoms with Crippen molar-refractivity contribution in [2.75, 3.05) is 18.1 Å². The summed E-state index contributed by atoms with van der Waals surface area (Å²) in [5, 5.41) is 0. The zero-order valence-corrected chi connectivity index (χ0v) is 15.7. The predicted octanol–water partition coefficient (Wildman–Crippen LogP) is 4.21. The van der Waals surface area contributed by atoms with E-state index in [4.69, 9.17) is 0 Å². The van der Waals surface area contributed by atoms with Crippen molar-refractivity contribution in [3.8, 4) is 0 Å². The Labute approximate surface area is 155 Å². The molecule has 1 aliphatic heterocycles. The van der Waals surface area contributed by atoms with Gasteiger partial charge in [-0.1, -0.05) is 51.1 Å². The van der Waals surface area contributed by atoms with Crippen LogP contribution in [0.4, 0.5) is 5.69 Å². The lowest BCUT2D eigenvalue weighted by molar-refractivity contribution is -0.127. The molecule has 1 fully saturated rings. The Morgan fingerprint density at radius 1 is 1.04 bits per heavy atom. The Hall–Kier alpha value is -2.62. The van der Waals surface area contributed by atoms with Gasteiger partial charge >= 0.3 is 0 Å². The SMILES string of the molecule is CC(C)(C)c1ccc(C(=O)N(CN2CCCC2=O)c2ccccc2)cc1. The summed E-state index contributed by atoms with van der Waals surface area (Å²) in [7, 11) is 0. The summed E-state index contributed by atoms with van der Waals surface area (Å²) in [5.74, 6) is 0.0261. The van der Waals surface area contributed by atoms with Crippen LogP contribution in [0.1, 0.15) is 49.5 Å². The number of rotatable bonds is 4. The fourth-order valence-corrected chi connectivity index (χ4v) is 3.16. The van der Waals surface area contributed by atoms with Gasteiger partial charge in [0.25, 0.3) is 5.91 Å². The van der Waals surface area contributed by atoms with E-state index in [-0.39, 0.29) is 17.2 Å². The first-order valence-corrected chi connectivity index (χ1v) is 9.11. The third-order valence-electron chi connectivity index (χ3n) is 4.79. The van der Waals surface area contributed by atoms with Crippen molar-refractivity contribution >= 4 is 17.5 Å². The highest BCUT2D eigenvalue weighted by molar-refractivity contribution is 6.06. The average molecular weight is 350 g/mol. The van der Waals surface area contributed by atoms with Gasteiger partial charge < -0.3 is 4.90 Å². The van der Waals surface area contributed by atoms with Crippen LogP contribution in [0.15, 0.2) is 54.6 Å². The molecule has 0 aliphatic carbocycles. The summed E-state index contributed by atoms with van der Waals surface area (Å²) >= 11 is 0. The van der Waals surface area contributed by atoms with Crippen LogP contribution in [-0.4, -0.2) is 29.9 Å². The molecule has 0 unspecified atom stereocenters. The van der Waals surface area contributed by atoms with E-state index in [1.54, 1.807) is 9.80 Å². The van der Waals surface area contributed by atoms with Crippen molar-refractivity contribution in [1.29, 1.82) is 0 Å². The molecule has 4 heteroatoms. The van der Waals surface area contributed by atoms with Gasteiger partial charge in [0.1, 0.15) is 6.67 Å². The van der Waals surface area contributed by atoms with Crippen LogP contribution in [0, 0.1) is 0 Å². The smallest absolute Gasteiger partial charge is 0.259 e. The number of anilines is 1. The molecule has 0 aromatic heterocycles. The normalized spacial score (nSPS) is 14.6. The first kappa shape index (κ1) is 18.2. The van der Waals surface area contributed by atoms with Crippen molar-refractivity contribution in [2.45, 2.75) is 39.0 Å². The molecule has 0 spiro atoms. The van der Waals surface area contributed by atoms with Crippen LogP contribution in [0.25, 0.3) is 0 Å². The maximum atomic E-state index is 13.2. The number of amides is 2. The highest BCUT2D eigenvalue weighted by atomic mass is 16.2. The first-order chi connectivity index (χ1) is 12.4. The number of hydrogen-bond acceptors (Lipinski definition) is 2. The van der Waals surface area contributed by atoms with E-state index in [9.17, 15) is 9.59 Å². The zero-order chi connectivity index (χ0) is 18.7. The van der Waals surface area contributed by atoms with Crippen LogP contribution in [0.2, 0.25) is 0 Å². The van der Waals surface area contributed by atoms with E-state index in [0.29, 0.717) is 25.2 Å². The van der Waals surface area contributed by atoms with Crippen molar-refractivity contribution in [3.05, 3.63) is 65.7 Å². The Morgan fingerprint density at radius 3 is 2.23 bits per heavy atom. The van der Waals surface area contributed by atoms with E-state index in [2.05, 4.69) is 20.8 Å². The lowest BCUT2D eigenvalue weighted by Crippen LogP contribution is -2.42. The minimum absolute atomic E-state index is 0.0443. The molecule has 2 aromatic carbocycles. The van der Waals surface area contributed by atoms with Gasteiger partial charge in [-0.05, 0) is 41.7 Å². The third kappa shape index (κ3) is 3.96. The number of likely N-dealkylation sites (tertiary alicyclic amines) is 1. The third-order valence-corrected chi connectivity index (χ3v) is 4.79. The Bertz CT molecular complexity index is 776. The summed E-state index contributed by atoms with van der Waals surface area (Å²) in [6.45, 7) is 7.46. The van der Waals surface area contributed by atoms with E-state index in [0.717, 1.165) is 12.1 Å². The molecule has 3 rings (SSSR count). The van der Waals surface area contributed by atoms with Crippen molar-refractivity contribution < 1.29 is 9.59 Å². The van der Waals surface area contributed by atoms with Gasteiger partial charge in [0.05, 0.1) is 0 Å². The molecule has 2 amide bonds. The molecule has 0 atom stereocenters. The molecule has 136 valence electrons. The number of carbonyl (C=O) groups excluding carboxylic acids is 2. The van der Waals surface area contributed by atoms with Gasteiger partial charge in [-0.3, -0.25) is 14.5 Å². The maximum absolute atomic E-state index is 13.2. The Morgan fingerprint density at radius 2 is 1.69 bits per heavy atom. The molecule has 26 heavy (non-hydrogen) atoms. The number of para-hydroxylation sites is 1. The number of hydrogen-bond donors (Lipinski definition) is 0. The summed E-state index contributed by atoms with van der Waals surface area (Å²) in [6.07, 6.45) is 1.42. The summed E-state index contributed by atoms with van der Waals surface area (Å²) in [5.41, 5.74) is 2.67. The van der Waals surface area contributed by atoms with Crippen molar-refractivity contribution in [3.63, 3.8) is 0 Å². The lowest BCUT2D eigenvalue weighted by Gasteiger charge is -2.28.